The number of ether oxygens (including phenoxy) is 1. The molecular formula is C19H23F3N2O3. The number of carbonyl (C=O) groups is 1. The molecule has 1 aromatic carbocycles. The molecule has 3 rings (SSSR count). The SMILES string of the molecule is CCCc1c(OCCCN2CCCCC2=O)ccc2c(C(F)(F)F)onc12. The first-order valence-corrected chi connectivity index (χ1v) is 9.31. The van der Waals surface area contributed by atoms with Gasteiger partial charge in [0.1, 0.15) is 11.3 Å². The summed E-state index contributed by atoms with van der Waals surface area (Å²) in [5.41, 5.74) is 0.830. The van der Waals surface area contributed by atoms with Crippen molar-refractivity contribution in [1.82, 2.24) is 10.1 Å². The van der Waals surface area contributed by atoms with Crippen LogP contribution >= 0.6 is 0 Å². The van der Waals surface area contributed by atoms with E-state index in [9.17, 15) is 18.0 Å². The van der Waals surface area contributed by atoms with Crippen LogP contribution in [0, 0.1) is 0 Å². The highest BCUT2D eigenvalue weighted by Gasteiger charge is 2.38. The van der Waals surface area contributed by atoms with Crippen molar-refractivity contribution in [1.29, 1.82) is 0 Å². The molecule has 27 heavy (non-hydrogen) atoms. The van der Waals surface area contributed by atoms with Gasteiger partial charge in [0.15, 0.2) is 0 Å². The summed E-state index contributed by atoms with van der Waals surface area (Å²) in [5, 5.41) is 3.60. The first kappa shape index (κ1) is 19.5. The molecule has 0 atom stereocenters. The lowest BCUT2D eigenvalue weighted by atomic mass is 10.0. The van der Waals surface area contributed by atoms with Crippen molar-refractivity contribution in [3.63, 3.8) is 0 Å². The zero-order valence-corrected chi connectivity index (χ0v) is 15.3. The molecule has 148 valence electrons. The van der Waals surface area contributed by atoms with Crippen LogP contribution in [-0.2, 0) is 17.4 Å². The van der Waals surface area contributed by atoms with E-state index in [2.05, 4.69) is 9.68 Å². The van der Waals surface area contributed by atoms with Crippen molar-refractivity contribution in [3.8, 4) is 5.75 Å². The van der Waals surface area contributed by atoms with E-state index in [1.165, 1.54) is 6.07 Å². The van der Waals surface area contributed by atoms with Crippen LogP contribution in [-0.4, -0.2) is 35.7 Å². The Labute approximate surface area is 155 Å². The highest BCUT2D eigenvalue weighted by molar-refractivity contribution is 5.86. The number of aromatic nitrogens is 1. The third-order valence-corrected chi connectivity index (χ3v) is 4.72. The summed E-state index contributed by atoms with van der Waals surface area (Å²) >= 11 is 0. The zero-order chi connectivity index (χ0) is 19.4. The minimum Gasteiger partial charge on any atom is -0.493 e. The maximum absolute atomic E-state index is 13.0. The number of amides is 1. The maximum atomic E-state index is 13.0. The van der Waals surface area contributed by atoms with Crippen LogP contribution in [0.15, 0.2) is 16.7 Å². The van der Waals surface area contributed by atoms with Gasteiger partial charge in [-0.15, -0.1) is 0 Å². The van der Waals surface area contributed by atoms with Gasteiger partial charge in [-0.05, 0) is 37.8 Å². The Morgan fingerprint density at radius 3 is 2.81 bits per heavy atom. The topological polar surface area (TPSA) is 55.6 Å². The summed E-state index contributed by atoms with van der Waals surface area (Å²) in [6.45, 7) is 3.74. The first-order valence-electron chi connectivity index (χ1n) is 9.31. The van der Waals surface area contributed by atoms with Crippen LogP contribution in [0.25, 0.3) is 10.9 Å². The van der Waals surface area contributed by atoms with E-state index >= 15 is 0 Å². The van der Waals surface area contributed by atoms with Crippen LogP contribution in [0.2, 0.25) is 0 Å². The summed E-state index contributed by atoms with van der Waals surface area (Å²) in [6.07, 6.45) is -0.0516. The smallest absolute Gasteiger partial charge is 0.453 e. The highest BCUT2D eigenvalue weighted by atomic mass is 19.4. The third kappa shape index (κ3) is 4.36. The number of rotatable bonds is 7. The van der Waals surface area contributed by atoms with Crippen molar-refractivity contribution < 1.29 is 27.2 Å². The lowest BCUT2D eigenvalue weighted by Crippen LogP contribution is -2.36. The Morgan fingerprint density at radius 2 is 2.11 bits per heavy atom. The number of piperidine rings is 1. The van der Waals surface area contributed by atoms with Gasteiger partial charge in [-0.3, -0.25) is 4.79 Å². The highest BCUT2D eigenvalue weighted by Crippen LogP contribution is 2.38. The van der Waals surface area contributed by atoms with Crippen molar-refractivity contribution in [2.45, 2.75) is 51.6 Å². The quantitative estimate of drug-likeness (QED) is 0.656. The van der Waals surface area contributed by atoms with Gasteiger partial charge in [0.25, 0.3) is 0 Å². The molecular weight excluding hydrogens is 361 g/mol. The summed E-state index contributed by atoms with van der Waals surface area (Å²) in [7, 11) is 0. The number of carbonyl (C=O) groups excluding carboxylic acids is 1. The predicted molar refractivity (Wildman–Crippen MR) is 93.5 cm³/mol. The molecule has 2 aromatic rings. The van der Waals surface area contributed by atoms with Gasteiger partial charge in [-0.1, -0.05) is 18.5 Å². The number of halogens is 3. The van der Waals surface area contributed by atoms with Crippen LogP contribution < -0.4 is 4.74 Å². The zero-order valence-electron chi connectivity index (χ0n) is 15.3. The van der Waals surface area contributed by atoms with E-state index in [1.54, 1.807) is 6.07 Å². The molecule has 1 aliphatic heterocycles. The number of alkyl halides is 3. The van der Waals surface area contributed by atoms with Gasteiger partial charge in [0, 0.05) is 25.1 Å². The number of hydrogen-bond acceptors (Lipinski definition) is 4. The minimum absolute atomic E-state index is 0.0442. The predicted octanol–water partition coefficient (Wildman–Crippen LogP) is 4.58. The van der Waals surface area contributed by atoms with E-state index in [0.29, 0.717) is 43.7 Å². The lowest BCUT2D eigenvalue weighted by molar-refractivity contribution is -0.154. The van der Waals surface area contributed by atoms with Crippen LogP contribution in [0.1, 0.15) is 50.4 Å². The molecule has 1 saturated heterocycles. The van der Waals surface area contributed by atoms with Gasteiger partial charge < -0.3 is 14.2 Å². The molecule has 0 unspecified atom stereocenters. The molecule has 0 saturated carbocycles. The average Bonchev–Trinajstić information content (AvgIpc) is 3.06. The molecule has 1 aliphatic rings. The monoisotopic (exact) mass is 384 g/mol. The molecule has 8 heteroatoms. The summed E-state index contributed by atoms with van der Waals surface area (Å²) < 4.78 is 49.5. The largest absolute Gasteiger partial charge is 0.493 e. The van der Waals surface area contributed by atoms with Crippen LogP contribution in [0.5, 0.6) is 5.75 Å². The third-order valence-electron chi connectivity index (χ3n) is 4.72. The number of aryl methyl sites for hydroxylation is 1. The molecule has 0 radical (unpaired) electrons. The number of benzene rings is 1. The molecule has 0 bridgehead atoms. The normalized spacial score (nSPS) is 15.6. The number of nitrogens with zero attached hydrogens (tertiary/aromatic N) is 2. The minimum atomic E-state index is -4.58. The standard InChI is InChI=1S/C19H23F3N2O3/c1-2-6-13-15(26-12-5-11-24-10-4-3-7-16(24)25)9-8-14-17(13)23-27-18(14)19(20,21)22/h8-9H,2-7,10-12H2,1H3. The molecule has 0 N–H and O–H groups in total. The number of likely N-dealkylation sites (tertiary alicyclic amines) is 1. The van der Waals surface area contributed by atoms with Gasteiger partial charge in [0.2, 0.25) is 11.7 Å². The Morgan fingerprint density at radius 1 is 1.30 bits per heavy atom. The Balaban J connectivity index is 1.70. The molecule has 0 spiro atoms. The molecule has 1 aromatic heterocycles. The van der Waals surface area contributed by atoms with Gasteiger partial charge in [-0.25, -0.2) is 0 Å². The van der Waals surface area contributed by atoms with Crippen molar-refractivity contribution in [2.24, 2.45) is 0 Å². The maximum Gasteiger partial charge on any atom is 0.453 e. The summed E-state index contributed by atoms with van der Waals surface area (Å²) in [4.78, 5) is 13.6. The average molecular weight is 384 g/mol. The fourth-order valence-corrected chi connectivity index (χ4v) is 3.41. The fourth-order valence-electron chi connectivity index (χ4n) is 3.41. The van der Waals surface area contributed by atoms with Crippen LogP contribution in [0.4, 0.5) is 13.2 Å². The van der Waals surface area contributed by atoms with E-state index < -0.39 is 11.9 Å². The van der Waals surface area contributed by atoms with E-state index in [0.717, 1.165) is 25.8 Å². The number of hydrogen-bond donors (Lipinski definition) is 0. The Bertz CT molecular complexity index is 801. The Hall–Kier alpha value is -2.25. The van der Waals surface area contributed by atoms with Crippen molar-refractivity contribution in [3.05, 3.63) is 23.5 Å². The molecule has 0 aliphatic carbocycles. The fraction of sp³-hybridized carbons (Fsp3) is 0.579. The van der Waals surface area contributed by atoms with Gasteiger partial charge >= 0.3 is 6.18 Å². The molecule has 2 heterocycles. The second kappa shape index (κ2) is 8.19. The van der Waals surface area contributed by atoms with E-state index in [1.807, 2.05) is 11.8 Å². The van der Waals surface area contributed by atoms with Crippen LogP contribution in [0.3, 0.4) is 0 Å². The molecule has 1 amide bonds. The van der Waals surface area contributed by atoms with Crippen molar-refractivity contribution in [2.75, 3.05) is 19.7 Å². The van der Waals surface area contributed by atoms with Crippen molar-refractivity contribution >= 4 is 16.8 Å². The van der Waals surface area contributed by atoms with E-state index in [4.69, 9.17) is 4.74 Å². The van der Waals surface area contributed by atoms with Gasteiger partial charge in [-0.2, -0.15) is 13.2 Å². The Kier molecular flexibility index (Phi) is 5.92. The summed E-state index contributed by atoms with van der Waals surface area (Å²) in [5.74, 6) is -0.377. The molecule has 1 fully saturated rings. The van der Waals surface area contributed by atoms with Gasteiger partial charge in [0.05, 0.1) is 12.0 Å². The lowest BCUT2D eigenvalue weighted by Gasteiger charge is -2.26. The second-order valence-corrected chi connectivity index (χ2v) is 6.74. The molecule has 5 nitrogen and oxygen atoms in total. The first-order chi connectivity index (χ1) is 12.9. The summed E-state index contributed by atoms with van der Waals surface area (Å²) in [6, 6.07) is 2.89. The van der Waals surface area contributed by atoms with E-state index in [-0.39, 0.29) is 16.8 Å². The second-order valence-electron chi connectivity index (χ2n) is 6.74. The number of fused-ring (bicyclic) bond motifs is 1.